The van der Waals surface area contributed by atoms with Crippen LogP contribution < -0.4 is 9.80 Å². The number of hydrogen-bond acceptors (Lipinski definition) is 2. The number of hydrogen-bond donors (Lipinski definition) is 0. The summed E-state index contributed by atoms with van der Waals surface area (Å²) < 4.78 is 0. The van der Waals surface area contributed by atoms with E-state index >= 15 is 0 Å². The van der Waals surface area contributed by atoms with Gasteiger partial charge in [-0.15, -0.1) is 0 Å². The second kappa shape index (κ2) is 14.8. The minimum Gasteiger partial charge on any atom is -0.311 e. The van der Waals surface area contributed by atoms with E-state index in [4.69, 9.17) is 0 Å². The minimum atomic E-state index is 0.493. The second-order valence-electron chi connectivity index (χ2n) is 12.5. The molecule has 0 amide bonds. The van der Waals surface area contributed by atoms with Crippen molar-refractivity contribution in [1.29, 1.82) is 0 Å². The zero-order valence-corrected chi connectivity index (χ0v) is 28.0. The van der Waals surface area contributed by atoms with E-state index in [0.29, 0.717) is 5.92 Å². The fourth-order valence-corrected chi connectivity index (χ4v) is 6.26. The molecule has 238 valence electrons. The third kappa shape index (κ3) is 7.25. The van der Waals surface area contributed by atoms with Crippen molar-refractivity contribution in [3.05, 3.63) is 216 Å². The molecule has 0 heterocycles. The zero-order valence-electron chi connectivity index (χ0n) is 28.0. The average Bonchev–Trinajstić information content (AvgIpc) is 3.17. The molecule has 2 nitrogen and oxygen atoms in total. The largest absolute Gasteiger partial charge is 0.311 e. The molecule has 49 heavy (non-hydrogen) atoms. The summed E-state index contributed by atoms with van der Waals surface area (Å²) in [7, 11) is 0. The smallest absolute Gasteiger partial charge is 0.0462 e. The molecule has 0 atom stereocenters. The zero-order chi connectivity index (χ0) is 33.4. The Hall–Kier alpha value is -6.12. The van der Waals surface area contributed by atoms with Crippen LogP contribution in [0.4, 0.5) is 34.1 Å². The molecule has 0 fully saturated rings. The van der Waals surface area contributed by atoms with Crippen LogP contribution in [0, 0.1) is 0 Å². The van der Waals surface area contributed by atoms with Crippen molar-refractivity contribution >= 4 is 45.8 Å². The molecule has 0 aliphatic rings. The van der Waals surface area contributed by atoms with E-state index < -0.39 is 0 Å². The summed E-state index contributed by atoms with van der Waals surface area (Å²) in [6.07, 6.45) is 2.31. The number of benzene rings is 7. The van der Waals surface area contributed by atoms with Crippen LogP contribution in [0.1, 0.15) is 42.0 Å². The third-order valence-corrected chi connectivity index (χ3v) is 8.84. The predicted molar refractivity (Wildman–Crippen MR) is 210 cm³/mol. The van der Waals surface area contributed by atoms with Gasteiger partial charge in [0, 0.05) is 34.1 Å². The molecule has 0 unspecified atom stereocenters. The standard InChI is InChI=1S/C47H40N2/c1-36(2)38-25-23-37(24-26-38)35-47(39-27-31-45(32-28-39)48(41-15-7-3-8-16-41)42-17-9-4-10-18-42)40-29-33-46(34-30-40)49(43-19-11-5-12-20-43)44-21-13-6-14-22-44/h3-36H,1-2H3. The van der Waals surface area contributed by atoms with Gasteiger partial charge in [0.2, 0.25) is 0 Å². The molecule has 0 aliphatic carbocycles. The van der Waals surface area contributed by atoms with Gasteiger partial charge in [0.15, 0.2) is 0 Å². The highest BCUT2D eigenvalue weighted by Gasteiger charge is 2.15. The number of anilines is 6. The Labute approximate surface area is 290 Å². The van der Waals surface area contributed by atoms with E-state index in [1.165, 1.54) is 16.7 Å². The van der Waals surface area contributed by atoms with E-state index in [1.807, 2.05) is 0 Å². The summed E-state index contributed by atoms with van der Waals surface area (Å²) in [5, 5.41) is 0. The lowest BCUT2D eigenvalue weighted by Crippen LogP contribution is -2.10. The average molecular weight is 633 g/mol. The molecule has 7 aromatic carbocycles. The molecule has 2 heteroatoms. The van der Waals surface area contributed by atoms with Crippen LogP contribution in [-0.4, -0.2) is 0 Å². The Kier molecular flexibility index (Phi) is 9.48. The highest BCUT2D eigenvalue weighted by Crippen LogP contribution is 2.38. The maximum absolute atomic E-state index is 2.31. The van der Waals surface area contributed by atoms with Crippen molar-refractivity contribution in [2.24, 2.45) is 0 Å². The van der Waals surface area contributed by atoms with E-state index in [0.717, 1.165) is 45.3 Å². The van der Waals surface area contributed by atoms with E-state index in [9.17, 15) is 0 Å². The van der Waals surface area contributed by atoms with Crippen molar-refractivity contribution in [1.82, 2.24) is 0 Å². The van der Waals surface area contributed by atoms with Crippen LogP contribution in [-0.2, 0) is 0 Å². The van der Waals surface area contributed by atoms with Gasteiger partial charge in [-0.25, -0.2) is 0 Å². The van der Waals surface area contributed by atoms with Crippen molar-refractivity contribution in [2.75, 3.05) is 9.80 Å². The van der Waals surface area contributed by atoms with Crippen LogP contribution in [0.3, 0.4) is 0 Å². The first-order valence-corrected chi connectivity index (χ1v) is 17.0. The molecule has 0 aromatic heterocycles. The fourth-order valence-electron chi connectivity index (χ4n) is 6.26. The summed E-state index contributed by atoms with van der Waals surface area (Å²) in [5.74, 6) is 0.493. The highest BCUT2D eigenvalue weighted by atomic mass is 15.1. The van der Waals surface area contributed by atoms with Crippen molar-refractivity contribution < 1.29 is 0 Å². The first-order chi connectivity index (χ1) is 24.1. The Bertz CT molecular complexity index is 1880. The monoisotopic (exact) mass is 632 g/mol. The summed E-state index contributed by atoms with van der Waals surface area (Å²) in [5.41, 5.74) is 12.7. The van der Waals surface area contributed by atoms with Crippen LogP contribution in [0.25, 0.3) is 11.6 Å². The molecule has 0 aliphatic heterocycles. The van der Waals surface area contributed by atoms with Gasteiger partial charge in [-0.3, -0.25) is 0 Å². The topological polar surface area (TPSA) is 6.48 Å². The highest BCUT2D eigenvalue weighted by molar-refractivity contribution is 5.93. The molecule has 0 N–H and O–H groups in total. The molecule has 7 rings (SSSR count). The van der Waals surface area contributed by atoms with Crippen LogP contribution in [0.15, 0.2) is 194 Å². The Morgan fingerprint density at radius 1 is 0.367 bits per heavy atom. The number of nitrogens with zero attached hydrogens (tertiary/aromatic N) is 2. The molecule has 7 aromatic rings. The van der Waals surface area contributed by atoms with Crippen LogP contribution in [0.5, 0.6) is 0 Å². The number of para-hydroxylation sites is 4. The Morgan fingerprint density at radius 2 is 0.673 bits per heavy atom. The van der Waals surface area contributed by atoms with Gasteiger partial charge < -0.3 is 9.80 Å². The fraction of sp³-hybridized carbons (Fsp3) is 0.0638. The molecule has 0 bridgehead atoms. The number of rotatable bonds is 10. The lowest BCUT2D eigenvalue weighted by atomic mass is 9.94. The first kappa shape index (κ1) is 31.5. The predicted octanol–water partition coefficient (Wildman–Crippen LogP) is 13.3. The summed E-state index contributed by atoms with van der Waals surface area (Å²) in [4.78, 5) is 4.60. The quantitative estimate of drug-likeness (QED) is 0.138. The Balaban J connectivity index is 1.29. The van der Waals surface area contributed by atoms with Gasteiger partial charge >= 0.3 is 0 Å². The van der Waals surface area contributed by atoms with Crippen molar-refractivity contribution in [3.63, 3.8) is 0 Å². The SMILES string of the molecule is CC(C)c1ccc(C=C(c2ccc(N(c3ccccc3)c3ccccc3)cc2)c2ccc(N(c3ccccc3)c3ccccc3)cc2)cc1. The van der Waals surface area contributed by atoms with Gasteiger partial charge in [0.1, 0.15) is 0 Å². The molecule has 0 spiro atoms. The lowest BCUT2D eigenvalue weighted by molar-refractivity contribution is 0.866. The van der Waals surface area contributed by atoms with Crippen LogP contribution >= 0.6 is 0 Å². The molecule has 0 saturated heterocycles. The van der Waals surface area contributed by atoms with E-state index in [-0.39, 0.29) is 0 Å². The maximum atomic E-state index is 2.31. The lowest BCUT2D eigenvalue weighted by Gasteiger charge is -2.26. The summed E-state index contributed by atoms with van der Waals surface area (Å²) >= 11 is 0. The molecular formula is C47H40N2. The van der Waals surface area contributed by atoms with Crippen molar-refractivity contribution in [3.8, 4) is 0 Å². The molecule has 0 saturated carbocycles. The second-order valence-corrected chi connectivity index (χ2v) is 12.5. The minimum absolute atomic E-state index is 0.493. The maximum Gasteiger partial charge on any atom is 0.0462 e. The normalized spacial score (nSPS) is 10.8. The third-order valence-electron chi connectivity index (χ3n) is 8.84. The van der Waals surface area contributed by atoms with Crippen molar-refractivity contribution in [2.45, 2.75) is 19.8 Å². The van der Waals surface area contributed by atoms with Gasteiger partial charge in [-0.05, 0) is 113 Å². The molecular weight excluding hydrogens is 593 g/mol. The van der Waals surface area contributed by atoms with E-state index in [1.54, 1.807) is 0 Å². The van der Waals surface area contributed by atoms with Gasteiger partial charge in [0.25, 0.3) is 0 Å². The summed E-state index contributed by atoms with van der Waals surface area (Å²) in [6, 6.07) is 69.1. The first-order valence-electron chi connectivity index (χ1n) is 17.0. The van der Waals surface area contributed by atoms with Gasteiger partial charge in [0.05, 0.1) is 0 Å². The van der Waals surface area contributed by atoms with Crippen LogP contribution in [0.2, 0.25) is 0 Å². The summed E-state index contributed by atoms with van der Waals surface area (Å²) in [6.45, 7) is 4.48. The van der Waals surface area contributed by atoms with E-state index in [2.05, 4.69) is 224 Å². The Morgan fingerprint density at radius 3 is 0.980 bits per heavy atom. The molecule has 0 radical (unpaired) electrons. The van der Waals surface area contributed by atoms with Gasteiger partial charge in [-0.2, -0.15) is 0 Å². The van der Waals surface area contributed by atoms with Gasteiger partial charge in [-0.1, -0.05) is 135 Å².